The molecule has 0 radical (unpaired) electrons. The van der Waals surface area contributed by atoms with Crippen LogP contribution in [0.1, 0.15) is 36.8 Å². The second-order valence-electron chi connectivity index (χ2n) is 4.72. The van der Waals surface area contributed by atoms with Crippen molar-refractivity contribution in [1.82, 2.24) is 4.98 Å². The highest BCUT2D eigenvalue weighted by atomic mass is 16.5. The summed E-state index contributed by atoms with van der Waals surface area (Å²) < 4.78 is 9.28. The second-order valence-corrected chi connectivity index (χ2v) is 4.72. The number of aromatic nitrogens is 1. The van der Waals surface area contributed by atoms with Gasteiger partial charge in [0.15, 0.2) is 0 Å². The summed E-state index contributed by atoms with van der Waals surface area (Å²) in [6.45, 7) is 3.64. The Morgan fingerprint density at radius 3 is 2.25 bits per heavy atom. The smallest absolute Gasteiger partial charge is 0.356 e. The zero-order chi connectivity index (χ0) is 17.7. The number of methoxy groups -OCH3 is 2. The molecule has 0 aliphatic rings. The lowest BCUT2D eigenvalue weighted by Gasteiger charge is -2.08. The van der Waals surface area contributed by atoms with Crippen molar-refractivity contribution in [3.8, 4) is 0 Å². The molecule has 2 aromatic rings. The third kappa shape index (κ3) is 3.35. The third-order valence-electron chi connectivity index (χ3n) is 3.32. The summed E-state index contributed by atoms with van der Waals surface area (Å²) in [7, 11) is 2.40. The van der Waals surface area contributed by atoms with Crippen LogP contribution in [0.15, 0.2) is 37.0 Å². The predicted octanol–water partition coefficient (Wildman–Crippen LogP) is 2.48. The van der Waals surface area contributed by atoms with E-state index in [1.165, 1.54) is 20.4 Å². The van der Waals surface area contributed by atoms with Crippen LogP contribution >= 0.6 is 0 Å². The maximum atomic E-state index is 12.4. The quantitative estimate of drug-likeness (QED) is 0.822. The topological polar surface area (TPSA) is 97.5 Å². The lowest BCUT2D eigenvalue weighted by molar-refractivity contribution is 0.0594. The van der Waals surface area contributed by atoms with Crippen molar-refractivity contribution in [2.24, 2.45) is 0 Å². The molecule has 24 heavy (non-hydrogen) atoms. The average Bonchev–Trinajstić information content (AvgIpc) is 3.03. The Morgan fingerprint density at radius 1 is 1.08 bits per heavy atom. The lowest BCUT2D eigenvalue weighted by atomic mass is 10.1. The molecule has 0 saturated carbocycles. The van der Waals surface area contributed by atoms with E-state index in [1.807, 2.05) is 0 Å². The minimum atomic E-state index is -0.720. The van der Waals surface area contributed by atoms with Gasteiger partial charge in [-0.25, -0.2) is 9.59 Å². The van der Waals surface area contributed by atoms with Crippen LogP contribution in [-0.2, 0) is 9.47 Å². The normalized spacial score (nSPS) is 9.92. The van der Waals surface area contributed by atoms with Gasteiger partial charge in [0.25, 0.3) is 5.91 Å². The van der Waals surface area contributed by atoms with Gasteiger partial charge in [-0.15, -0.1) is 0 Å². The number of amides is 1. The maximum absolute atomic E-state index is 12.4. The molecule has 2 rings (SSSR count). The number of aromatic amines is 1. The number of carbonyl (C=O) groups is 3. The van der Waals surface area contributed by atoms with Crippen LogP contribution in [0.25, 0.3) is 6.08 Å². The van der Waals surface area contributed by atoms with Crippen LogP contribution in [0.2, 0.25) is 0 Å². The van der Waals surface area contributed by atoms with Crippen molar-refractivity contribution < 1.29 is 23.9 Å². The highest BCUT2D eigenvalue weighted by molar-refractivity contribution is 6.12. The first kappa shape index (κ1) is 17.0. The number of hydrogen-bond donors (Lipinski definition) is 2. The standard InChI is InChI=1S/C17H16N2O5/c1-4-10-5-7-11(8-6-10)15(20)19-13-12(16(21)23-2)9-18-14(13)17(22)24-3/h4-9,18H,1H2,2-3H3,(H,19,20). The first-order valence-corrected chi connectivity index (χ1v) is 6.93. The molecule has 0 fully saturated rings. The number of nitrogens with one attached hydrogen (secondary N) is 2. The first-order chi connectivity index (χ1) is 11.5. The van der Waals surface area contributed by atoms with E-state index < -0.39 is 17.8 Å². The van der Waals surface area contributed by atoms with E-state index in [1.54, 1.807) is 30.3 Å². The van der Waals surface area contributed by atoms with Gasteiger partial charge >= 0.3 is 11.9 Å². The molecular weight excluding hydrogens is 312 g/mol. The number of esters is 2. The van der Waals surface area contributed by atoms with E-state index in [2.05, 4.69) is 26.4 Å². The van der Waals surface area contributed by atoms with Gasteiger partial charge in [0.05, 0.1) is 19.9 Å². The molecule has 124 valence electrons. The number of rotatable bonds is 5. The molecule has 7 nitrogen and oxygen atoms in total. The summed E-state index contributed by atoms with van der Waals surface area (Å²) in [5, 5.41) is 2.55. The summed E-state index contributed by atoms with van der Waals surface area (Å²) in [5.74, 6) is -1.90. The maximum Gasteiger partial charge on any atom is 0.356 e. The molecule has 0 spiro atoms. The van der Waals surface area contributed by atoms with Gasteiger partial charge in [0.1, 0.15) is 11.3 Å². The van der Waals surface area contributed by atoms with Gasteiger partial charge < -0.3 is 19.8 Å². The third-order valence-corrected chi connectivity index (χ3v) is 3.32. The fourth-order valence-corrected chi connectivity index (χ4v) is 2.04. The van der Waals surface area contributed by atoms with Crippen molar-refractivity contribution in [3.63, 3.8) is 0 Å². The van der Waals surface area contributed by atoms with Crippen LogP contribution in [-0.4, -0.2) is 37.0 Å². The average molecular weight is 328 g/mol. The molecular formula is C17H16N2O5. The Kier molecular flexibility index (Phi) is 5.16. The number of ether oxygens (including phenoxy) is 2. The number of benzene rings is 1. The summed E-state index contributed by atoms with van der Waals surface area (Å²) in [4.78, 5) is 38.6. The lowest BCUT2D eigenvalue weighted by Crippen LogP contribution is -2.17. The van der Waals surface area contributed by atoms with E-state index in [9.17, 15) is 14.4 Å². The van der Waals surface area contributed by atoms with Crippen LogP contribution in [0.3, 0.4) is 0 Å². The molecule has 0 unspecified atom stereocenters. The molecule has 0 aliphatic carbocycles. The van der Waals surface area contributed by atoms with E-state index in [-0.39, 0.29) is 16.9 Å². The van der Waals surface area contributed by atoms with Crippen molar-refractivity contribution in [1.29, 1.82) is 0 Å². The largest absolute Gasteiger partial charge is 0.465 e. The zero-order valence-electron chi connectivity index (χ0n) is 13.2. The number of H-pyrrole nitrogens is 1. The Bertz CT molecular complexity index is 756. The van der Waals surface area contributed by atoms with E-state index in [4.69, 9.17) is 0 Å². The van der Waals surface area contributed by atoms with Crippen LogP contribution in [0.4, 0.5) is 5.69 Å². The number of hydrogen-bond acceptors (Lipinski definition) is 5. The molecule has 1 amide bonds. The Balaban J connectivity index is 2.36. The number of carbonyl (C=O) groups excluding carboxylic acids is 3. The van der Waals surface area contributed by atoms with Crippen molar-refractivity contribution in [2.45, 2.75) is 0 Å². The van der Waals surface area contributed by atoms with Gasteiger partial charge in [-0.1, -0.05) is 24.8 Å². The van der Waals surface area contributed by atoms with E-state index >= 15 is 0 Å². The fourth-order valence-electron chi connectivity index (χ4n) is 2.04. The molecule has 1 aromatic heterocycles. The molecule has 7 heteroatoms. The monoisotopic (exact) mass is 328 g/mol. The summed E-state index contributed by atoms with van der Waals surface area (Å²) in [6, 6.07) is 6.66. The van der Waals surface area contributed by atoms with Gasteiger partial charge in [0, 0.05) is 11.8 Å². The molecule has 0 atom stereocenters. The summed E-state index contributed by atoms with van der Waals surface area (Å²) in [6.07, 6.45) is 2.92. The van der Waals surface area contributed by atoms with Crippen LogP contribution < -0.4 is 5.32 Å². The van der Waals surface area contributed by atoms with Gasteiger partial charge in [-0.05, 0) is 17.7 Å². The van der Waals surface area contributed by atoms with E-state index in [0.29, 0.717) is 5.56 Å². The SMILES string of the molecule is C=Cc1ccc(C(=O)Nc2c(C(=O)OC)c[nH]c2C(=O)OC)cc1. The molecule has 0 saturated heterocycles. The highest BCUT2D eigenvalue weighted by Gasteiger charge is 2.24. The van der Waals surface area contributed by atoms with Crippen LogP contribution in [0.5, 0.6) is 0 Å². The van der Waals surface area contributed by atoms with Gasteiger partial charge in [-0.3, -0.25) is 4.79 Å². The Hall–Kier alpha value is -3.35. The van der Waals surface area contributed by atoms with Gasteiger partial charge in [-0.2, -0.15) is 0 Å². The minimum Gasteiger partial charge on any atom is -0.465 e. The van der Waals surface area contributed by atoms with Gasteiger partial charge in [0.2, 0.25) is 0 Å². The molecule has 1 aromatic carbocycles. The first-order valence-electron chi connectivity index (χ1n) is 6.93. The molecule has 2 N–H and O–H groups in total. The van der Waals surface area contributed by atoms with E-state index in [0.717, 1.165) is 5.56 Å². The minimum absolute atomic E-state index is 0.00602. The molecule has 0 aliphatic heterocycles. The Labute approximate surface area is 138 Å². The van der Waals surface area contributed by atoms with Crippen molar-refractivity contribution in [2.75, 3.05) is 19.5 Å². The van der Waals surface area contributed by atoms with Crippen LogP contribution in [0, 0.1) is 0 Å². The Morgan fingerprint density at radius 2 is 1.71 bits per heavy atom. The highest BCUT2D eigenvalue weighted by Crippen LogP contribution is 2.23. The summed E-state index contributed by atoms with van der Waals surface area (Å²) in [5.41, 5.74) is 1.20. The fraction of sp³-hybridized carbons (Fsp3) is 0.118. The zero-order valence-corrected chi connectivity index (χ0v) is 13.2. The number of anilines is 1. The predicted molar refractivity (Wildman–Crippen MR) is 88.0 cm³/mol. The second kappa shape index (κ2) is 7.28. The van der Waals surface area contributed by atoms with Crippen molar-refractivity contribution in [3.05, 3.63) is 59.4 Å². The molecule has 0 bridgehead atoms. The van der Waals surface area contributed by atoms with Crippen molar-refractivity contribution >= 4 is 29.6 Å². The summed E-state index contributed by atoms with van der Waals surface area (Å²) >= 11 is 0. The molecule has 1 heterocycles.